The molecule has 4 unspecified atom stereocenters. The van der Waals surface area contributed by atoms with Crippen molar-refractivity contribution in [1.29, 1.82) is 0 Å². The van der Waals surface area contributed by atoms with Crippen molar-refractivity contribution in [2.75, 3.05) is 14.1 Å². The normalized spacial score (nSPS) is 15.3. The first-order valence-corrected chi connectivity index (χ1v) is 52.5. The Bertz CT molecular complexity index is 6450. The Balaban J connectivity index is 0.000000128. The molecule has 22 rings (SSSR count). The van der Waals surface area contributed by atoms with Gasteiger partial charge < -0.3 is 31.0 Å². The molecule has 6 N–H and O–H groups in total. The number of hydrogen-bond donors (Lipinski definition) is 4. The average molecular weight is 2100 g/mol. The standard InChI is InChI=1S/C25H20N4O2.C18H16BrN3O2.4C18H15P.C7H6BNO2.Pd/c1-27-19-10-6-9-17(13-19)18-11-12-21-20(14-18)25(23(30)29(2)24(26)28-25)15-22(31-21)16-7-4-3-5-8-16;1-22-16(23)18(21-17(22)20)10-15(11-5-3-2-4-6-11)24-14-8-7-12(19)9-13(14)18;4*1-4-10-16(11-5-1)19(17-12-6-2-7-13-17)18-14-8-3-9-15-18;1-9-7-4-2-6(3-5-7)8(10)11;/h3-14,22H,15H2,2H3,(H2,26,28);2-9,15H,10H2,1H3,(H2,20,21);4*1-15H;2-5,10-11H;. The number of fused-ring (bicyclic) bond motifs is 4. The van der Waals surface area contributed by atoms with Crippen molar-refractivity contribution in [3.63, 3.8) is 0 Å². The summed E-state index contributed by atoms with van der Waals surface area (Å²) in [6, 6.07) is 174. The predicted octanol–water partition coefficient (Wildman–Crippen LogP) is 21.1. The topological polar surface area (TPSA) is 185 Å². The summed E-state index contributed by atoms with van der Waals surface area (Å²) < 4.78 is 13.4. The van der Waals surface area contributed by atoms with Crippen LogP contribution in [0.25, 0.3) is 20.8 Å². The Labute approximate surface area is 864 Å². The number of carbonyl (C=O) groups is 2. The summed E-state index contributed by atoms with van der Waals surface area (Å²) in [4.78, 5) is 45.2. The second-order valence-electron chi connectivity index (χ2n) is 33.3. The zero-order valence-corrected chi connectivity index (χ0v) is 85.2. The van der Waals surface area contributed by atoms with Gasteiger partial charge in [0.05, 0.1) is 13.1 Å². The number of nitrogens with zero attached hydrogens (tertiary/aromatic N) is 6. The van der Waals surface area contributed by atoms with Gasteiger partial charge in [-0.25, -0.2) is 19.7 Å². The van der Waals surface area contributed by atoms with E-state index in [0.29, 0.717) is 46.7 Å². The van der Waals surface area contributed by atoms with Crippen LogP contribution in [-0.4, -0.2) is 64.8 Å². The Morgan fingerprint density at radius 3 is 0.811 bits per heavy atom. The quantitative estimate of drug-likeness (QED) is 0.0418. The summed E-state index contributed by atoms with van der Waals surface area (Å²) in [6.07, 6.45) is 0.202. The molecule has 18 aromatic carbocycles. The first-order valence-electron chi connectivity index (χ1n) is 46.3. The minimum absolute atomic E-state index is 0. The Kier molecular flexibility index (Phi) is 36.3. The number of nitrogens with two attached hydrogens (primary N) is 2. The van der Waals surface area contributed by atoms with E-state index in [9.17, 15) is 9.59 Å². The van der Waals surface area contributed by atoms with Crippen LogP contribution in [0.1, 0.15) is 47.3 Å². The molecule has 0 aliphatic carbocycles. The Morgan fingerprint density at radius 1 is 0.322 bits per heavy atom. The number of benzene rings is 18. The smallest absolute Gasteiger partial charge is 0.485 e. The van der Waals surface area contributed by atoms with E-state index >= 15 is 0 Å². The number of guanidine groups is 2. The van der Waals surface area contributed by atoms with Crippen molar-refractivity contribution in [3.05, 3.63) is 559 Å². The molecule has 0 radical (unpaired) electrons. The molecule has 0 saturated heterocycles. The molecule has 18 aromatic rings. The number of amides is 2. The molecule has 0 aromatic heterocycles. The van der Waals surface area contributed by atoms with Gasteiger partial charge >= 0.3 is 7.12 Å². The van der Waals surface area contributed by atoms with Crippen molar-refractivity contribution in [2.45, 2.75) is 36.1 Å². The summed E-state index contributed by atoms with van der Waals surface area (Å²) in [7, 11) is 0.0646. The molecule has 4 heterocycles. The minimum atomic E-state index is -1.45. The van der Waals surface area contributed by atoms with Gasteiger partial charge in [0.25, 0.3) is 11.8 Å². The number of hydrogen-bond acceptors (Lipinski definition) is 10. The summed E-state index contributed by atoms with van der Waals surface area (Å²) in [6.45, 7) is 13.9. The molecule has 2 amide bonds. The maximum absolute atomic E-state index is 13.4. The predicted molar refractivity (Wildman–Crippen MR) is 596 cm³/mol. The van der Waals surface area contributed by atoms with Crippen molar-refractivity contribution < 1.29 is 49.5 Å². The molecule has 4 aliphatic heterocycles. The van der Waals surface area contributed by atoms with Gasteiger partial charge in [-0.3, -0.25) is 19.4 Å². The van der Waals surface area contributed by atoms with Gasteiger partial charge in [-0.2, -0.15) is 0 Å². The molecule has 143 heavy (non-hydrogen) atoms. The molecule has 4 aliphatic rings. The molecule has 2 spiro atoms. The van der Waals surface area contributed by atoms with Gasteiger partial charge in [-0.1, -0.05) is 489 Å². The van der Waals surface area contributed by atoms with E-state index in [1.807, 2.05) is 115 Å². The summed E-state index contributed by atoms with van der Waals surface area (Å²) in [5.74, 6) is 1.43. The fraction of sp³-hybridized carbons (Fsp3) is 0.0656. The van der Waals surface area contributed by atoms with Crippen LogP contribution in [-0.2, 0) is 41.1 Å². The molecule has 4 atom stereocenters. The molecular formula is C122H102BBrN8O6P4Pd. The third-order valence-electron chi connectivity index (χ3n) is 24.1. The number of aliphatic imine (C=N–C) groups is 2. The van der Waals surface area contributed by atoms with Gasteiger partial charge in [0.1, 0.15) is 23.7 Å². The van der Waals surface area contributed by atoms with E-state index in [1.165, 1.54) is 85.6 Å². The van der Waals surface area contributed by atoms with Crippen LogP contribution >= 0.6 is 47.6 Å². The molecule has 0 fully saturated rings. The zero-order chi connectivity index (χ0) is 98.4. The third kappa shape index (κ3) is 25.6. The molecular weight excluding hydrogens is 1990 g/mol. The number of halogens is 1. The average Bonchev–Trinajstić information content (AvgIpc) is 1.60. The third-order valence-corrected chi connectivity index (χ3v) is 34.3. The van der Waals surface area contributed by atoms with E-state index in [-0.39, 0.29) is 56.4 Å². The second kappa shape index (κ2) is 50.6. The molecule has 14 nitrogen and oxygen atoms in total. The number of carbonyl (C=O) groups excluding carboxylic acids is 2. The molecule has 706 valence electrons. The van der Waals surface area contributed by atoms with Gasteiger partial charge in [-0.05, 0) is 159 Å². The maximum Gasteiger partial charge on any atom is 0.488 e. The van der Waals surface area contributed by atoms with Gasteiger partial charge in [0.15, 0.2) is 34.4 Å². The molecule has 0 saturated carbocycles. The number of rotatable bonds is 16. The van der Waals surface area contributed by atoms with Crippen molar-refractivity contribution in [1.82, 2.24) is 9.80 Å². The van der Waals surface area contributed by atoms with E-state index in [2.05, 4.69) is 400 Å². The van der Waals surface area contributed by atoms with Crippen LogP contribution in [0, 0.1) is 13.1 Å². The van der Waals surface area contributed by atoms with Gasteiger partial charge in [-0.15, -0.1) is 0 Å². The Morgan fingerprint density at radius 2 is 0.566 bits per heavy atom. The Hall–Kier alpha value is -14.7. The molecule has 0 bridgehead atoms. The fourth-order valence-electron chi connectivity index (χ4n) is 17.1. The van der Waals surface area contributed by atoms with Crippen LogP contribution in [0.3, 0.4) is 0 Å². The maximum atomic E-state index is 13.4. The minimum Gasteiger partial charge on any atom is -0.485 e. The van der Waals surface area contributed by atoms with E-state index < -0.39 is 49.9 Å². The summed E-state index contributed by atoms with van der Waals surface area (Å²) in [5, 5.41) is 34.1. The fourth-order valence-corrected chi connectivity index (χ4v) is 26.7. The summed E-state index contributed by atoms with van der Waals surface area (Å²) in [5.41, 5.74) is 16.6. The van der Waals surface area contributed by atoms with Crippen molar-refractivity contribution >= 4 is 159 Å². The van der Waals surface area contributed by atoms with E-state index in [4.69, 9.17) is 44.1 Å². The second-order valence-corrected chi connectivity index (χ2v) is 43.1. The first-order chi connectivity index (χ1) is 69.6. The van der Waals surface area contributed by atoms with Crippen LogP contribution in [0.5, 0.6) is 11.5 Å². The largest absolute Gasteiger partial charge is 0.488 e. The number of likely N-dealkylation sites (N-methyl/N-ethyl adjacent to an activating group) is 2. The zero-order valence-electron chi connectivity index (χ0n) is 78.5. The number of ether oxygens (including phenoxy) is 2. The van der Waals surface area contributed by atoms with Crippen molar-refractivity contribution in [3.8, 4) is 22.6 Å². The van der Waals surface area contributed by atoms with Crippen molar-refractivity contribution in [2.24, 2.45) is 21.5 Å². The first kappa shape index (κ1) is 103. The van der Waals surface area contributed by atoms with Gasteiger partial charge in [0, 0.05) is 63.0 Å². The van der Waals surface area contributed by atoms with E-state index in [1.54, 1.807) is 32.3 Å². The SMILES string of the molecule is CN1C(=O)C2(CC(c3ccccc3)Oc3ccc(Br)cc32)N=C1N.[C-]#[N+]c1ccc(B(O)O)cc1.[C-]#[N+]c1cccc(-c2ccc3c(c2)C2(CC(c4ccccc4)O3)N=C(N)N(C)C2=O)c1.[Pd].c1ccc(P(c2ccccc2)c2ccccc2)cc1.c1ccc(P(c2ccccc2)c2ccccc2)cc1.c1ccc(P(c2ccccc2)c2ccccc2)cc1.c1ccc(P(c2ccccc2)c2ccccc2)cc1. The molecule has 21 heteroatoms. The summed E-state index contributed by atoms with van der Waals surface area (Å²) >= 11 is 3.47. The van der Waals surface area contributed by atoms with Crippen LogP contribution < -0.4 is 90.1 Å². The monoisotopic (exact) mass is 2090 g/mol. The van der Waals surface area contributed by atoms with E-state index in [0.717, 1.165) is 32.3 Å². The van der Waals surface area contributed by atoms with Crippen LogP contribution in [0.4, 0.5) is 11.4 Å². The van der Waals surface area contributed by atoms with Crippen LogP contribution in [0.15, 0.2) is 524 Å². The van der Waals surface area contributed by atoms with Crippen LogP contribution in [0.2, 0.25) is 0 Å². The van der Waals surface area contributed by atoms with Gasteiger partial charge in [0.2, 0.25) is 0 Å².